The Morgan fingerprint density at radius 1 is 1.12 bits per heavy atom. The van der Waals surface area contributed by atoms with Crippen molar-refractivity contribution >= 4 is 0 Å². The van der Waals surface area contributed by atoms with E-state index in [1.165, 1.54) is 24.8 Å². The standard InChI is InChI=1S/C15H23O/c1-15(2,16)13-9-4-3-6-10-14-11-7-5-8-12-14/h5,7-8,11,16H,3-4,6,9-10,13H2,1-2H3. The summed E-state index contributed by atoms with van der Waals surface area (Å²) in [7, 11) is 0. The molecule has 1 radical (unpaired) electrons. The van der Waals surface area contributed by atoms with Crippen molar-refractivity contribution in [3.63, 3.8) is 0 Å². The number of unbranched alkanes of at least 4 members (excludes halogenated alkanes) is 3. The van der Waals surface area contributed by atoms with Gasteiger partial charge in [0.25, 0.3) is 0 Å². The van der Waals surface area contributed by atoms with Gasteiger partial charge in [0.15, 0.2) is 0 Å². The third-order valence-corrected chi connectivity index (χ3v) is 2.76. The maximum absolute atomic E-state index is 9.55. The van der Waals surface area contributed by atoms with E-state index in [4.69, 9.17) is 0 Å². The highest BCUT2D eigenvalue weighted by atomic mass is 16.3. The second-order valence-corrected chi connectivity index (χ2v) is 5.11. The zero-order valence-electron chi connectivity index (χ0n) is 10.5. The lowest BCUT2D eigenvalue weighted by molar-refractivity contribution is 0.0680. The SMILES string of the molecule is CC(C)(O)CCCCCCc1[c]cccc1. The van der Waals surface area contributed by atoms with E-state index in [-0.39, 0.29) is 0 Å². The molecule has 0 unspecified atom stereocenters. The molecule has 0 amide bonds. The fourth-order valence-corrected chi connectivity index (χ4v) is 1.81. The van der Waals surface area contributed by atoms with E-state index in [9.17, 15) is 5.11 Å². The molecule has 1 nitrogen and oxygen atoms in total. The predicted molar refractivity (Wildman–Crippen MR) is 68.4 cm³/mol. The number of aliphatic hydroxyl groups is 1. The van der Waals surface area contributed by atoms with Gasteiger partial charge in [-0.05, 0) is 44.7 Å². The molecule has 0 saturated carbocycles. The van der Waals surface area contributed by atoms with Crippen LogP contribution in [0.1, 0.15) is 51.5 Å². The lowest BCUT2D eigenvalue weighted by Gasteiger charge is -2.16. The Balaban J connectivity index is 2.01. The molecule has 0 heterocycles. The minimum Gasteiger partial charge on any atom is -0.390 e. The van der Waals surface area contributed by atoms with Crippen LogP contribution in [0.15, 0.2) is 24.3 Å². The highest BCUT2D eigenvalue weighted by Gasteiger charge is 2.10. The van der Waals surface area contributed by atoms with Gasteiger partial charge >= 0.3 is 0 Å². The van der Waals surface area contributed by atoms with E-state index >= 15 is 0 Å². The minimum atomic E-state index is -0.493. The van der Waals surface area contributed by atoms with E-state index in [0.29, 0.717) is 0 Å². The van der Waals surface area contributed by atoms with Crippen molar-refractivity contribution in [3.05, 3.63) is 35.9 Å². The Labute approximate surface area is 99.5 Å². The van der Waals surface area contributed by atoms with Gasteiger partial charge < -0.3 is 5.11 Å². The van der Waals surface area contributed by atoms with Crippen LogP contribution in [0.5, 0.6) is 0 Å². The molecule has 1 aromatic rings. The van der Waals surface area contributed by atoms with Crippen molar-refractivity contribution < 1.29 is 5.11 Å². The van der Waals surface area contributed by atoms with Crippen LogP contribution in [0.25, 0.3) is 0 Å². The summed E-state index contributed by atoms with van der Waals surface area (Å²) in [5.74, 6) is 0. The maximum Gasteiger partial charge on any atom is 0.0591 e. The van der Waals surface area contributed by atoms with E-state index in [2.05, 4.69) is 18.2 Å². The molecule has 0 aliphatic carbocycles. The molecule has 89 valence electrons. The van der Waals surface area contributed by atoms with E-state index in [1.807, 2.05) is 26.0 Å². The van der Waals surface area contributed by atoms with Gasteiger partial charge in [-0.2, -0.15) is 0 Å². The average molecular weight is 219 g/mol. The van der Waals surface area contributed by atoms with Crippen LogP contribution in [-0.4, -0.2) is 10.7 Å². The van der Waals surface area contributed by atoms with Crippen LogP contribution in [0.4, 0.5) is 0 Å². The van der Waals surface area contributed by atoms with Crippen molar-refractivity contribution in [1.82, 2.24) is 0 Å². The van der Waals surface area contributed by atoms with Gasteiger partial charge in [0.2, 0.25) is 0 Å². The molecular weight excluding hydrogens is 196 g/mol. The highest BCUT2D eigenvalue weighted by Crippen LogP contribution is 2.14. The second kappa shape index (κ2) is 6.70. The second-order valence-electron chi connectivity index (χ2n) is 5.11. The topological polar surface area (TPSA) is 20.2 Å². The van der Waals surface area contributed by atoms with E-state index in [1.54, 1.807) is 0 Å². The van der Waals surface area contributed by atoms with Gasteiger partial charge in [0, 0.05) is 0 Å². The molecule has 0 aliphatic rings. The molecule has 0 spiro atoms. The fourth-order valence-electron chi connectivity index (χ4n) is 1.81. The summed E-state index contributed by atoms with van der Waals surface area (Å²) >= 11 is 0. The Kier molecular flexibility index (Phi) is 5.54. The lowest BCUT2D eigenvalue weighted by atomic mass is 9.99. The van der Waals surface area contributed by atoms with Crippen LogP contribution < -0.4 is 0 Å². The summed E-state index contributed by atoms with van der Waals surface area (Å²) in [6, 6.07) is 11.4. The average Bonchev–Trinajstić information content (AvgIpc) is 2.23. The zero-order chi connectivity index (χ0) is 11.9. The van der Waals surface area contributed by atoms with Crippen LogP contribution in [0.3, 0.4) is 0 Å². The maximum atomic E-state index is 9.55. The summed E-state index contributed by atoms with van der Waals surface area (Å²) in [6.07, 6.45) is 6.86. The van der Waals surface area contributed by atoms with E-state index < -0.39 is 5.60 Å². The highest BCUT2D eigenvalue weighted by molar-refractivity contribution is 5.12. The fraction of sp³-hybridized carbons (Fsp3) is 0.600. The zero-order valence-corrected chi connectivity index (χ0v) is 10.5. The molecule has 0 fully saturated rings. The molecule has 0 bridgehead atoms. The molecule has 0 saturated heterocycles. The van der Waals surface area contributed by atoms with Crippen LogP contribution in [-0.2, 0) is 6.42 Å². The summed E-state index contributed by atoms with van der Waals surface area (Å²) in [4.78, 5) is 0. The number of hydrogen-bond acceptors (Lipinski definition) is 1. The predicted octanol–water partition coefficient (Wildman–Crippen LogP) is 3.75. The van der Waals surface area contributed by atoms with Crippen molar-refractivity contribution in [2.24, 2.45) is 0 Å². The summed E-state index contributed by atoms with van der Waals surface area (Å²) in [6.45, 7) is 3.76. The summed E-state index contributed by atoms with van der Waals surface area (Å²) in [5.41, 5.74) is 0.817. The Morgan fingerprint density at radius 3 is 2.50 bits per heavy atom. The molecule has 1 rings (SSSR count). The Morgan fingerprint density at radius 2 is 1.88 bits per heavy atom. The Bertz CT molecular complexity index is 271. The molecule has 0 aromatic heterocycles. The van der Waals surface area contributed by atoms with Crippen molar-refractivity contribution in [1.29, 1.82) is 0 Å². The minimum absolute atomic E-state index is 0.493. The third kappa shape index (κ3) is 6.62. The number of aryl methyl sites for hydroxylation is 1. The largest absolute Gasteiger partial charge is 0.390 e. The summed E-state index contributed by atoms with van der Waals surface area (Å²) in [5, 5.41) is 9.55. The molecule has 1 aromatic carbocycles. The van der Waals surface area contributed by atoms with Crippen molar-refractivity contribution in [2.45, 2.75) is 58.0 Å². The van der Waals surface area contributed by atoms with Crippen molar-refractivity contribution in [2.75, 3.05) is 0 Å². The normalized spacial score (nSPS) is 11.7. The van der Waals surface area contributed by atoms with Gasteiger partial charge in [-0.1, -0.05) is 43.5 Å². The monoisotopic (exact) mass is 219 g/mol. The van der Waals surface area contributed by atoms with Gasteiger partial charge in [-0.3, -0.25) is 0 Å². The van der Waals surface area contributed by atoms with Gasteiger partial charge in [0.05, 0.1) is 5.60 Å². The van der Waals surface area contributed by atoms with Crippen LogP contribution in [0, 0.1) is 6.07 Å². The first-order valence-corrected chi connectivity index (χ1v) is 6.26. The first kappa shape index (κ1) is 13.2. The first-order chi connectivity index (χ1) is 7.58. The molecule has 1 N–H and O–H groups in total. The van der Waals surface area contributed by atoms with E-state index in [0.717, 1.165) is 19.3 Å². The lowest BCUT2D eigenvalue weighted by Crippen LogP contribution is -2.17. The number of rotatable bonds is 7. The molecular formula is C15H23O. The van der Waals surface area contributed by atoms with Gasteiger partial charge in [0.1, 0.15) is 0 Å². The van der Waals surface area contributed by atoms with Gasteiger partial charge in [-0.15, -0.1) is 0 Å². The number of benzene rings is 1. The van der Waals surface area contributed by atoms with Crippen LogP contribution >= 0.6 is 0 Å². The summed E-state index contributed by atoms with van der Waals surface area (Å²) < 4.78 is 0. The molecule has 0 aliphatic heterocycles. The first-order valence-electron chi connectivity index (χ1n) is 6.26. The molecule has 1 heteroatoms. The van der Waals surface area contributed by atoms with Crippen molar-refractivity contribution in [3.8, 4) is 0 Å². The quantitative estimate of drug-likeness (QED) is 0.692. The van der Waals surface area contributed by atoms with Gasteiger partial charge in [-0.25, -0.2) is 0 Å². The number of hydrogen-bond donors (Lipinski definition) is 1. The molecule has 16 heavy (non-hydrogen) atoms. The molecule has 0 atom stereocenters. The Hall–Kier alpha value is -0.820. The van der Waals surface area contributed by atoms with Crippen LogP contribution in [0.2, 0.25) is 0 Å². The smallest absolute Gasteiger partial charge is 0.0591 e. The third-order valence-electron chi connectivity index (χ3n) is 2.76.